The van der Waals surface area contributed by atoms with Crippen molar-refractivity contribution in [1.29, 1.82) is 0 Å². The minimum atomic E-state index is -0.433. The lowest BCUT2D eigenvalue weighted by Crippen LogP contribution is -2.22. The monoisotopic (exact) mass is 391 g/mol. The van der Waals surface area contributed by atoms with Crippen LogP contribution in [0.25, 0.3) is 5.69 Å². The smallest absolute Gasteiger partial charge is 0.254 e. The maximum absolute atomic E-state index is 13.7. The van der Waals surface area contributed by atoms with Crippen LogP contribution in [0.15, 0.2) is 59.3 Å². The Kier molecular flexibility index (Phi) is 4.71. The number of para-hydroxylation sites is 1. The van der Waals surface area contributed by atoms with Crippen LogP contribution >= 0.6 is 15.9 Å². The fourth-order valence-electron chi connectivity index (χ4n) is 2.14. The van der Waals surface area contributed by atoms with Crippen LogP contribution in [0.4, 0.5) is 8.78 Å². The average molecular weight is 392 g/mol. The molecular formula is C17H12BrF2N3O. The minimum absolute atomic E-state index is 0.175. The molecule has 1 amide bonds. The molecule has 7 heteroatoms. The fraction of sp³-hybridized carbons (Fsp3) is 0.0588. The number of nitrogens with one attached hydrogen (secondary N) is 1. The number of rotatable bonds is 4. The Morgan fingerprint density at radius 1 is 1.17 bits per heavy atom. The number of nitrogens with zero attached hydrogens (tertiary/aromatic N) is 2. The molecule has 0 aliphatic heterocycles. The normalized spacial score (nSPS) is 10.6. The summed E-state index contributed by atoms with van der Waals surface area (Å²) >= 11 is 3.07. The van der Waals surface area contributed by atoms with Gasteiger partial charge in [0.2, 0.25) is 0 Å². The van der Waals surface area contributed by atoms with Crippen molar-refractivity contribution >= 4 is 21.8 Å². The van der Waals surface area contributed by atoms with E-state index in [4.69, 9.17) is 0 Å². The Bertz CT molecular complexity index is 895. The maximum Gasteiger partial charge on any atom is 0.254 e. The van der Waals surface area contributed by atoms with E-state index in [1.807, 2.05) is 0 Å². The van der Waals surface area contributed by atoms with E-state index in [1.54, 1.807) is 30.3 Å². The zero-order valence-corrected chi connectivity index (χ0v) is 13.9. The summed E-state index contributed by atoms with van der Waals surface area (Å²) in [5.41, 5.74) is 1.17. The van der Waals surface area contributed by atoms with Crippen molar-refractivity contribution in [3.63, 3.8) is 0 Å². The molecule has 0 spiro atoms. The van der Waals surface area contributed by atoms with E-state index in [0.717, 1.165) is 0 Å². The van der Waals surface area contributed by atoms with Gasteiger partial charge in [0.1, 0.15) is 17.3 Å². The van der Waals surface area contributed by atoms with Gasteiger partial charge in [0.25, 0.3) is 5.91 Å². The van der Waals surface area contributed by atoms with Crippen molar-refractivity contribution < 1.29 is 13.6 Å². The van der Waals surface area contributed by atoms with Gasteiger partial charge in [0.15, 0.2) is 0 Å². The van der Waals surface area contributed by atoms with Gasteiger partial charge >= 0.3 is 0 Å². The summed E-state index contributed by atoms with van der Waals surface area (Å²) in [6.07, 6.45) is 2.79. The van der Waals surface area contributed by atoms with Crippen molar-refractivity contribution in [3.8, 4) is 5.69 Å². The number of hydrogen-bond donors (Lipinski definition) is 1. The molecule has 3 rings (SSSR count). The molecule has 3 aromatic rings. The highest BCUT2D eigenvalue weighted by Gasteiger charge is 2.11. The summed E-state index contributed by atoms with van der Waals surface area (Å²) in [6.45, 7) is 0.175. The molecular weight excluding hydrogens is 380 g/mol. The number of aromatic nitrogens is 2. The number of hydrogen-bond acceptors (Lipinski definition) is 2. The number of carbonyl (C=O) groups excluding carboxylic acids is 1. The van der Waals surface area contributed by atoms with Crippen LogP contribution in [0, 0.1) is 11.6 Å². The summed E-state index contributed by atoms with van der Waals surface area (Å²) in [5, 5.41) is 6.67. The van der Waals surface area contributed by atoms with E-state index in [-0.39, 0.29) is 23.7 Å². The molecule has 4 nitrogen and oxygen atoms in total. The van der Waals surface area contributed by atoms with Crippen molar-refractivity contribution in [1.82, 2.24) is 15.1 Å². The van der Waals surface area contributed by atoms with Gasteiger partial charge in [-0.15, -0.1) is 0 Å². The number of halogens is 3. The van der Waals surface area contributed by atoms with E-state index in [2.05, 4.69) is 26.3 Å². The van der Waals surface area contributed by atoms with Gasteiger partial charge in [-0.2, -0.15) is 5.10 Å². The van der Waals surface area contributed by atoms with E-state index in [1.165, 1.54) is 29.2 Å². The second kappa shape index (κ2) is 6.92. The molecule has 0 aliphatic rings. The lowest BCUT2D eigenvalue weighted by molar-refractivity contribution is 0.0951. The average Bonchev–Trinajstić information content (AvgIpc) is 3.06. The Morgan fingerprint density at radius 2 is 1.96 bits per heavy atom. The Hall–Kier alpha value is -2.54. The summed E-state index contributed by atoms with van der Waals surface area (Å²) < 4.78 is 28.8. The second-order valence-corrected chi connectivity index (χ2v) is 5.91. The number of benzene rings is 2. The Labute approximate surface area is 145 Å². The fourth-order valence-corrected chi connectivity index (χ4v) is 2.39. The molecule has 0 saturated carbocycles. The van der Waals surface area contributed by atoms with Crippen LogP contribution in [0.3, 0.4) is 0 Å². The van der Waals surface area contributed by atoms with Gasteiger partial charge < -0.3 is 5.32 Å². The van der Waals surface area contributed by atoms with Crippen LogP contribution in [0.1, 0.15) is 15.9 Å². The van der Waals surface area contributed by atoms with Crippen LogP contribution in [0.2, 0.25) is 0 Å². The van der Waals surface area contributed by atoms with Crippen LogP contribution in [0.5, 0.6) is 0 Å². The molecule has 0 unspecified atom stereocenters. The van der Waals surface area contributed by atoms with Gasteiger partial charge in [-0.1, -0.05) is 18.2 Å². The Balaban J connectivity index is 1.70. The lowest BCUT2D eigenvalue weighted by atomic mass is 10.2. The SMILES string of the molecule is O=C(NCc1ccc(Br)c(F)c1)c1cnn(-c2ccccc2F)c1. The predicted molar refractivity (Wildman–Crippen MR) is 88.8 cm³/mol. The van der Waals surface area contributed by atoms with Crippen molar-refractivity contribution in [3.05, 3.63) is 82.1 Å². The lowest BCUT2D eigenvalue weighted by Gasteiger charge is -2.05. The predicted octanol–water partition coefficient (Wildman–Crippen LogP) is 3.84. The standard InChI is InChI=1S/C17H12BrF2N3O/c18-13-6-5-11(7-15(13)20)8-21-17(24)12-9-22-23(10-12)16-4-2-1-3-14(16)19/h1-7,9-10H,8H2,(H,21,24). The largest absolute Gasteiger partial charge is 0.348 e. The molecule has 122 valence electrons. The van der Waals surface area contributed by atoms with E-state index >= 15 is 0 Å². The maximum atomic E-state index is 13.7. The first-order valence-corrected chi connectivity index (χ1v) is 7.85. The zero-order valence-electron chi connectivity index (χ0n) is 12.3. The summed E-state index contributed by atoms with van der Waals surface area (Å²) in [4.78, 5) is 12.1. The number of amides is 1. The third-order valence-corrected chi connectivity index (χ3v) is 4.02. The van der Waals surface area contributed by atoms with Crippen LogP contribution < -0.4 is 5.32 Å². The molecule has 0 atom stereocenters. The van der Waals surface area contributed by atoms with Gasteiger partial charge in [-0.25, -0.2) is 13.5 Å². The topological polar surface area (TPSA) is 46.9 Å². The molecule has 1 heterocycles. The summed E-state index contributed by atoms with van der Waals surface area (Å²) in [7, 11) is 0. The molecule has 0 radical (unpaired) electrons. The molecule has 1 aromatic heterocycles. The second-order valence-electron chi connectivity index (χ2n) is 5.06. The molecule has 0 bridgehead atoms. The summed E-state index contributed by atoms with van der Waals surface area (Å²) in [6, 6.07) is 10.8. The van der Waals surface area contributed by atoms with Crippen molar-refractivity contribution in [2.45, 2.75) is 6.54 Å². The van der Waals surface area contributed by atoms with Gasteiger partial charge in [0.05, 0.1) is 16.2 Å². The molecule has 2 aromatic carbocycles. The molecule has 0 saturated heterocycles. The molecule has 0 aliphatic carbocycles. The van der Waals surface area contributed by atoms with E-state index < -0.39 is 11.6 Å². The third kappa shape index (κ3) is 3.51. The highest BCUT2D eigenvalue weighted by Crippen LogP contribution is 2.16. The Morgan fingerprint density at radius 3 is 2.71 bits per heavy atom. The minimum Gasteiger partial charge on any atom is -0.348 e. The quantitative estimate of drug-likeness (QED) is 0.734. The van der Waals surface area contributed by atoms with E-state index in [0.29, 0.717) is 10.0 Å². The highest BCUT2D eigenvalue weighted by atomic mass is 79.9. The third-order valence-electron chi connectivity index (χ3n) is 3.38. The molecule has 0 fully saturated rings. The van der Waals surface area contributed by atoms with Crippen LogP contribution in [-0.4, -0.2) is 15.7 Å². The van der Waals surface area contributed by atoms with Crippen LogP contribution in [-0.2, 0) is 6.54 Å². The molecule has 24 heavy (non-hydrogen) atoms. The zero-order chi connectivity index (χ0) is 17.1. The first-order valence-electron chi connectivity index (χ1n) is 7.06. The first-order chi connectivity index (χ1) is 11.5. The first kappa shape index (κ1) is 16.3. The molecule has 1 N–H and O–H groups in total. The van der Waals surface area contributed by atoms with Crippen molar-refractivity contribution in [2.24, 2.45) is 0 Å². The van der Waals surface area contributed by atoms with Gasteiger partial charge in [-0.3, -0.25) is 4.79 Å². The van der Waals surface area contributed by atoms with Crippen molar-refractivity contribution in [2.75, 3.05) is 0 Å². The highest BCUT2D eigenvalue weighted by molar-refractivity contribution is 9.10. The number of carbonyl (C=O) groups is 1. The van der Waals surface area contributed by atoms with E-state index in [9.17, 15) is 13.6 Å². The van der Waals surface area contributed by atoms with Gasteiger partial charge in [0, 0.05) is 12.7 Å². The summed E-state index contributed by atoms with van der Waals surface area (Å²) in [5.74, 6) is -1.20. The van der Waals surface area contributed by atoms with Gasteiger partial charge in [-0.05, 0) is 45.8 Å².